The summed E-state index contributed by atoms with van der Waals surface area (Å²) in [5.74, 6) is -0.571. The normalized spacial score (nSPS) is 10.2. The van der Waals surface area contributed by atoms with Crippen molar-refractivity contribution >= 4 is 11.5 Å². The molecule has 1 aromatic heterocycles. The number of anilines is 1. The van der Waals surface area contributed by atoms with E-state index in [0.717, 1.165) is 0 Å². The first kappa shape index (κ1) is 11.3. The fourth-order valence-electron chi connectivity index (χ4n) is 1.57. The van der Waals surface area contributed by atoms with Gasteiger partial charge in [0.25, 0.3) is 0 Å². The summed E-state index contributed by atoms with van der Waals surface area (Å²) < 4.78 is 12.9. The number of aromatic nitrogens is 1. The third-order valence-electron chi connectivity index (χ3n) is 2.36. The van der Waals surface area contributed by atoms with Crippen LogP contribution in [0.4, 0.5) is 10.1 Å². The van der Waals surface area contributed by atoms with E-state index in [1.165, 1.54) is 18.3 Å². The molecule has 0 aliphatic rings. The van der Waals surface area contributed by atoms with E-state index in [-0.39, 0.29) is 23.7 Å². The number of pyridine rings is 1. The average molecular weight is 230 g/mol. The van der Waals surface area contributed by atoms with E-state index in [1.807, 2.05) is 0 Å². The molecule has 0 amide bonds. The lowest BCUT2D eigenvalue weighted by molar-refractivity contribution is 0.0989. The smallest absolute Gasteiger partial charge is 0.187 e. The first-order valence-corrected chi connectivity index (χ1v) is 5.15. The molecule has 1 heterocycles. The Kier molecular flexibility index (Phi) is 3.14. The van der Waals surface area contributed by atoms with Gasteiger partial charge < -0.3 is 5.73 Å². The summed E-state index contributed by atoms with van der Waals surface area (Å²) in [5.41, 5.74) is 6.83. The van der Waals surface area contributed by atoms with E-state index in [9.17, 15) is 9.18 Å². The van der Waals surface area contributed by atoms with E-state index in [0.29, 0.717) is 11.3 Å². The molecule has 2 rings (SSSR count). The van der Waals surface area contributed by atoms with Gasteiger partial charge in [-0.25, -0.2) is 4.39 Å². The molecule has 0 aliphatic carbocycles. The SMILES string of the molecule is Nc1cccnc1C(=O)Cc1cccc(F)c1. The van der Waals surface area contributed by atoms with Crippen molar-refractivity contribution in [2.24, 2.45) is 0 Å². The Morgan fingerprint density at radius 2 is 2.12 bits per heavy atom. The maximum absolute atomic E-state index is 12.9. The van der Waals surface area contributed by atoms with Crippen LogP contribution in [-0.4, -0.2) is 10.8 Å². The van der Waals surface area contributed by atoms with E-state index >= 15 is 0 Å². The summed E-state index contributed by atoms with van der Waals surface area (Å²) in [6.07, 6.45) is 1.61. The van der Waals surface area contributed by atoms with Gasteiger partial charge in [-0.15, -0.1) is 0 Å². The van der Waals surface area contributed by atoms with Crippen molar-refractivity contribution in [1.82, 2.24) is 4.98 Å². The van der Waals surface area contributed by atoms with Crippen molar-refractivity contribution in [2.75, 3.05) is 5.73 Å². The minimum Gasteiger partial charge on any atom is -0.397 e. The van der Waals surface area contributed by atoms with Gasteiger partial charge in [0.15, 0.2) is 5.78 Å². The Bertz CT molecular complexity index is 555. The molecule has 1 aromatic carbocycles. The maximum atomic E-state index is 12.9. The molecule has 0 radical (unpaired) electrons. The van der Waals surface area contributed by atoms with E-state index in [1.54, 1.807) is 24.3 Å². The molecule has 0 saturated carbocycles. The summed E-state index contributed by atoms with van der Waals surface area (Å²) in [5, 5.41) is 0. The van der Waals surface area contributed by atoms with Gasteiger partial charge in [0.05, 0.1) is 5.69 Å². The molecular formula is C13H11FN2O. The highest BCUT2D eigenvalue weighted by molar-refractivity contribution is 5.99. The zero-order chi connectivity index (χ0) is 12.3. The van der Waals surface area contributed by atoms with Crippen molar-refractivity contribution in [3.8, 4) is 0 Å². The minimum atomic E-state index is -0.357. The maximum Gasteiger partial charge on any atom is 0.187 e. The van der Waals surface area contributed by atoms with Gasteiger partial charge in [-0.05, 0) is 29.8 Å². The number of carbonyl (C=O) groups is 1. The number of benzene rings is 1. The van der Waals surface area contributed by atoms with Crippen LogP contribution in [0.5, 0.6) is 0 Å². The van der Waals surface area contributed by atoms with Crippen molar-refractivity contribution in [1.29, 1.82) is 0 Å². The largest absolute Gasteiger partial charge is 0.397 e. The van der Waals surface area contributed by atoms with Gasteiger partial charge in [-0.3, -0.25) is 9.78 Å². The lowest BCUT2D eigenvalue weighted by Crippen LogP contribution is -2.09. The minimum absolute atomic E-state index is 0.0962. The number of carbonyl (C=O) groups excluding carboxylic acids is 1. The summed E-state index contributed by atoms with van der Waals surface area (Å²) in [6.45, 7) is 0. The van der Waals surface area contributed by atoms with Crippen molar-refractivity contribution in [3.05, 3.63) is 59.7 Å². The molecule has 17 heavy (non-hydrogen) atoms. The summed E-state index contributed by atoms with van der Waals surface area (Å²) >= 11 is 0. The molecule has 2 N–H and O–H groups in total. The van der Waals surface area contributed by atoms with Gasteiger partial charge in [0.2, 0.25) is 0 Å². The van der Waals surface area contributed by atoms with Gasteiger partial charge in [-0.2, -0.15) is 0 Å². The molecule has 0 saturated heterocycles. The Hall–Kier alpha value is -2.23. The monoisotopic (exact) mass is 230 g/mol. The Labute approximate surface area is 98.1 Å². The predicted octanol–water partition coefficient (Wildman–Crippen LogP) is 2.23. The van der Waals surface area contributed by atoms with Crippen LogP contribution in [0.3, 0.4) is 0 Å². The van der Waals surface area contributed by atoms with Crippen LogP contribution in [0, 0.1) is 5.82 Å². The third-order valence-corrected chi connectivity index (χ3v) is 2.36. The fraction of sp³-hybridized carbons (Fsp3) is 0.0769. The number of rotatable bonds is 3. The number of Topliss-reactive ketones (excluding diaryl/α,β-unsaturated/α-hetero) is 1. The first-order valence-electron chi connectivity index (χ1n) is 5.15. The standard InChI is InChI=1S/C13H11FN2O/c14-10-4-1-3-9(7-10)8-12(17)13-11(15)5-2-6-16-13/h1-7H,8,15H2. The van der Waals surface area contributed by atoms with Crippen LogP contribution in [0.1, 0.15) is 16.1 Å². The second-order valence-electron chi connectivity index (χ2n) is 3.67. The number of halogens is 1. The second-order valence-corrected chi connectivity index (χ2v) is 3.67. The quantitative estimate of drug-likeness (QED) is 0.822. The molecule has 3 nitrogen and oxygen atoms in total. The molecule has 2 aromatic rings. The zero-order valence-electron chi connectivity index (χ0n) is 9.06. The number of nitrogens with zero attached hydrogens (tertiary/aromatic N) is 1. The molecule has 0 aliphatic heterocycles. The summed E-state index contributed by atoms with van der Waals surface area (Å²) in [6, 6.07) is 9.21. The average Bonchev–Trinajstić information content (AvgIpc) is 2.29. The van der Waals surface area contributed by atoms with Crippen LogP contribution in [0.2, 0.25) is 0 Å². The van der Waals surface area contributed by atoms with Gasteiger partial charge in [0, 0.05) is 12.6 Å². The number of nitrogens with two attached hydrogens (primary N) is 1. The fourth-order valence-corrected chi connectivity index (χ4v) is 1.57. The first-order chi connectivity index (χ1) is 8.16. The molecular weight excluding hydrogens is 219 g/mol. The molecule has 0 atom stereocenters. The van der Waals surface area contributed by atoms with Crippen LogP contribution in [0.25, 0.3) is 0 Å². The van der Waals surface area contributed by atoms with E-state index in [4.69, 9.17) is 5.73 Å². The Morgan fingerprint density at radius 1 is 1.29 bits per heavy atom. The molecule has 86 valence electrons. The van der Waals surface area contributed by atoms with Crippen LogP contribution < -0.4 is 5.73 Å². The molecule has 0 spiro atoms. The number of hydrogen-bond donors (Lipinski definition) is 1. The van der Waals surface area contributed by atoms with Crippen molar-refractivity contribution in [2.45, 2.75) is 6.42 Å². The highest BCUT2D eigenvalue weighted by atomic mass is 19.1. The molecule has 4 heteroatoms. The number of ketones is 1. The Morgan fingerprint density at radius 3 is 2.82 bits per heavy atom. The number of nitrogen functional groups attached to an aromatic ring is 1. The zero-order valence-corrected chi connectivity index (χ0v) is 9.06. The summed E-state index contributed by atoms with van der Waals surface area (Å²) in [7, 11) is 0. The predicted molar refractivity (Wildman–Crippen MR) is 63.1 cm³/mol. The van der Waals surface area contributed by atoms with Crippen LogP contribution in [0.15, 0.2) is 42.6 Å². The van der Waals surface area contributed by atoms with Crippen molar-refractivity contribution < 1.29 is 9.18 Å². The highest BCUT2D eigenvalue weighted by Crippen LogP contribution is 2.12. The second kappa shape index (κ2) is 4.74. The lowest BCUT2D eigenvalue weighted by Gasteiger charge is -2.03. The third kappa shape index (κ3) is 2.66. The highest BCUT2D eigenvalue weighted by Gasteiger charge is 2.11. The Balaban J connectivity index is 2.20. The molecule has 0 unspecified atom stereocenters. The number of hydrogen-bond acceptors (Lipinski definition) is 3. The topological polar surface area (TPSA) is 56.0 Å². The van der Waals surface area contributed by atoms with Gasteiger partial charge in [0.1, 0.15) is 11.5 Å². The van der Waals surface area contributed by atoms with Crippen LogP contribution >= 0.6 is 0 Å². The molecule has 0 fully saturated rings. The van der Waals surface area contributed by atoms with Gasteiger partial charge >= 0.3 is 0 Å². The van der Waals surface area contributed by atoms with E-state index < -0.39 is 0 Å². The lowest BCUT2D eigenvalue weighted by atomic mass is 10.1. The van der Waals surface area contributed by atoms with Crippen molar-refractivity contribution in [3.63, 3.8) is 0 Å². The van der Waals surface area contributed by atoms with Crippen LogP contribution in [-0.2, 0) is 6.42 Å². The molecule has 0 bridgehead atoms. The van der Waals surface area contributed by atoms with E-state index in [2.05, 4.69) is 4.98 Å². The van der Waals surface area contributed by atoms with Gasteiger partial charge in [-0.1, -0.05) is 12.1 Å². The summed E-state index contributed by atoms with van der Waals surface area (Å²) in [4.78, 5) is 15.8.